The van der Waals surface area contributed by atoms with Crippen LogP contribution >= 0.6 is 15.9 Å². The summed E-state index contributed by atoms with van der Waals surface area (Å²) in [6, 6.07) is 13.1. The Morgan fingerprint density at radius 1 is 1.00 bits per heavy atom. The minimum Gasteiger partial charge on any atom is -0.334 e. The highest BCUT2D eigenvalue weighted by molar-refractivity contribution is 9.10. The number of nitrogens with one attached hydrogen (secondary N) is 2. The number of amides is 2. The van der Waals surface area contributed by atoms with Crippen LogP contribution in [0.1, 0.15) is 17.0 Å². The summed E-state index contributed by atoms with van der Waals surface area (Å²) in [7, 11) is 0. The maximum atomic E-state index is 12.0. The molecule has 0 aliphatic carbocycles. The van der Waals surface area contributed by atoms with Gasteiger partial charge in [-0.15, -0.1) is 0 Å². The zero-order valence-electron chi connectivity index (χ0n) is 13.4. The molecule has 122 valence electrons. The summed E-state index contributed by atoms with van der Waals surface area (Å²) in [5, 5.41) is 5.66. The highest BCUT2D eigenvalue weighted by atomic mass is 79.9. The van der Waals surface area contributed by atoms with E-state index < -0.39 is 0 Å². The molecule has 0 saturated heterocycles. The molecular formula is C18H17BrN4O. The van der Waals surface area contributed by atoms with Crippen LogP contribution in [0.5, 0.6) is 0 Å². The monoisotopic (exact) mass is 384 g/mol. The molecule has 0 atom stereocenters. The highest BCUT2D eigenvalue weighted by Gasteiger charge is 2.05. The molecule has 0 fully saturated rings. The van der Waals surface area contributed by atoms with E-state index in [-0.39, 0.29) is 6.03 Å². The normalized spacial score (nSPS) is 10.6. The fraction of sp³-hybridized carbons (Fsp3) is 0.167. The van der Waals surface area contributed by atoms with Crippen LogP contribution in [0.3, 0.4) is 0 Å². The van der Waals surface area contributed by atoms with Gasteiger partial charge in [-0.3, -0.25) is 0 Å². The van der Waals surface area contributed by atoms with Crippen LogP contribution in [-0.2, 0) is 6.54 Å². The Labute approximate surface area is 148 Å². The molecule has 5 nitrogen and oxygen atoms in total. The minimum absolute atomic E-state index is 0.255. The van der Waals surface area contributed by atoms with Gasteiger partial charge in [-0.05, 0) is 49.7 Å². The summed E-state index contributed by atoms with van der Waals surface area (Å²) in [5.41, 5.74) is 5.11. The third-order valence-electron chi connectivity index (χ3n) is 3.70. The first-order valence-electron chi connectivity index (χ1n) is 7.55. The smallest absolute Gasteiger partial charge is 0.319 e. The molecule has 0 unspecified atom stereocenters. The van der Waals surface area contributed by atoms with Gasteiger partial charge in [0.1, 0.15) is 0 Å². The van der Waals surface area contributed by atoms with Gasteiger partial charge in [0.05, 0.1) is 22.4 Å². The van der Waals surface area contributed by atoms with Crippen molar-refractivity contribution in [1.29, 1.82) is 0 Å². The number of fused-ring (bicyclic) bond motifs is 1. The summed E-state index contributed by atoms with van der Waals surface area (Å²) in [4.78, 5) is 21.0. The number of anilines is 1. The largest absolute Gasteiger partial charge is 0.334 e. The fourth-order valence-electron chi connectivity index (χ4n) is 2.27. The van der Waals surface area contributed by atoms with Gasteiger partial charge in [0, 0.05) is 16.7 Å². The molecule has 2 aromatic carbocycles. The summed E-state index contributed by atoms with van der Waals surface area (Å²) in [6.07, 6.45) is 0. The molecule has 0 aliphatic heterocycles. The van der Waals surface area contributed by atoms with Gasteiger partial charge >= 0.3 is 6.03 Å². The van der Waals surface area contributed by atoms with Crippen molar-refractivity contribution in [3.8, 4) is 0 Å². The van der Waals surface area contributed by atoms with Crippen molar-refractivity contribution in [3.05, 3.63) is 63.9 Å². The van der Waals surface area contributed by atoms with Crippen molar-refractivity contribution in [2.24, 2.45) is 0 Å². The Kier molecular flexibility index (Phi) is 4.76. The number of urea groups is 1. The minimum atomic E-state index is -0.255. The van der Waals surface area contributed by atoms with Gasteiger partial charge in [0.25, 0.3) is 0 Å². The molecular weight excluding hydrogens is 368 g/mol. The summed E-state index contributed by atoms with van der Waals surface area (Å²) < 4.78 is 1.01. The van der Waals surface area contributed by atoms with Crippen molar-refractivity contribution < 1.29 is 4.79 Å². The molecule has 0 bridgehead atoms. The van der Waals surface area contributed by atoms with Crippen LogP contribution in [0, 0.1) is 13.8 Å². The lowest BCUT2D eigenvalue weighted by molar-refractivity contribution is 0.251. The van der Waals surface area contributed by atoms with E-state index in [1.54, 1.807) is 0 Å². The molecule has 0 aliphatic rings. The Morgan fingerprint density at radius 3 is 2.38 bits per heavy atom. The van der Waals surface area contributed by atoms with Gasteiger partial charge in [0.2, 0.25) is 0 Å². The van der Waals surface area contributed by atoms with Crippen LogP contribution in [-0.4, -0.2) is 16.0 Å². The average Bonchev–Trinajstić information content (AvgIpc) is 2.56. The van der Waals surface area contributed by atoms with Crippen LogP contribution in [0.15, 0.2) is 46.9 Å². The molecule has 24 heavy (non-hydrogen) atoms. The molecule has 0 radical (unpaired) electrons. The van der Waals surface area contributed by atoms with Crippen molar-refractivity contribution in [2.75, 3.05) is 5.32 Å². The number of hydrogen-bond donors (Lipinski definition) is 2. The van der Waals surface area contributed by atoms with E-state index in [2.05, 4.69) is 36.5 Å². The molecule has 2 N–H and O–H groups in total. The second kappa shape index (κ2) is 6.97. The van der Waals surface area contributed by atoms with E-state index in [1.165, 1.54) is 0 Å². The summed E-state index contributed by atoms with van der Waals surface area (Å²) in [6.45, 7) is 4.32. The Morgan fingerprint density at radius 2 is 1.67 bits per heavy atom. The molecule has 2 amide bonds. The number of benzene rings is 2. The number of aryl methyl sites for hydroxylation is 2. The maximum absolute atomic E-state index is 12.0. The third-order valence-corrected chi connectivity index (χ3v) is 4.23. The Hall–Kier alpha value is -2.47. The molecule has 0 spiro atoms. The maximum Gasteiger partial charge on any atom is 0.319 e. The lowest BCUT2D eigenvalue weighted by Crippen LogP contribution is -2.28. The SMILES string of the molecule is Cc1nc2ccc(NC(=O)NCc3ccc(Br)cc3)cc2nc1C. The zero-order valence-corrected chi connectivity index (χ0v) is 15.0. The number of nitrogens with zero attached hydrogens (tertiary/aromatic N) is 2. The van der Waals surface area contributed by atoms with Gasteiger partial charge in [-0.25, -0.2) is 14.8 Å². The number of carbonyl (C=O) groups excluding carboxylic acids is 1. The van der Waals surface area contributed by atoms with Crippen LogP contribution < -0.4 is 10.6 Å². The van der Waals surface area contributed by atoms with E-state index in [1.807, 2.05) is 56.3 Å². The first kappa shape index (κ1) is 16.4. The van der Waals surface area contributed by atoms with E-state index in [4.69, 9.17) is 0 Å². The van der Waals surface area contributed by atoms with Gasteiger partial charge in [-0.1, -0.05) is 28.1 Å². The predicted octanol–water partition coefficient (Wildman–Crippen LogP) is 4.33. The van der Waals surface area contributed by atoms with Crippen LogP contribution in [0.25, 0.3) is 11.0 Å². The molecule has 3 aromatic rings. The topological polar surface area (TPSA) is 66.9 Å². The lowest BCUT2D eigenvalue weighted by atomic mass is 10.2. The number of rotatable bonds is 3. The molecule has 1 heterocycles. The quantitative estimate of drug-likeness (QED) is 0.705. The molecule has 0 saturated carbocycles. The average molecular weight is 385 g/mol. The van der Waals surface area contributed by atoms with Gasteiger partial charge < -0.3 is 10.6 Å². The second-order valence-electron chi connectivity index (χ2n) is 5.53. The van der Waals surface area contributed by atoms with Crippen molar-refractivity contribution in [2.45, 2.75) is 20.4 Å². The van der Waals surface area contributed by atoms with Crippen molar-refractivity contribution in [3.63, 3.8) is 0 Å². The van der Waals surface area contributed by atoms with E-state index in [0.717, 1.165) is 32.5 Å². The van der Waals surface area contributed by atoms with E-state index in [0.29, 0.717) is 12.2 Å². The predicted molar refractivity (Wildman–Crippen MR) is 99.0 cm³/mol. The Balaban J connectivity index is 1.66. The zero-order chi connectivity index (χ0) is 17.1. The van der Waals surface area contributed by atoms with Gasteiger partial charge in [-0.2, -0.15) is 0 Å². The van der Waals surface area contributed by atoms with Crippen molar-refractivity contribution >= 4 is 38.7 Å². The lowest BCUT2D eigenvalue weighted by Gasteiger charge is -2.09. The summed E-state index contributed by atoms with van der Waals surface area (Å²) in [5.74, 6) is 0. The second-order valence-corrected chi connectivity index (χ2v) is 6.45. The summed E-state index contributed by atoms with van der Waals surface area (Å²) >= 11 is 3.39. The van der Waals surface area contributed by atoms with Crippen molar-refractivity contribution in [1.82, 2.24) is 15.3 Å². The van der Waals surface area contributed by atoms with Crippen LogP contribution in [0.2, 0.25) is 0 Å². The number of aromatic nitrogens is 2. The standard InChI is InChI=1S/C18H17BrN4O/c1-11-12(2)22-17-9-15(7-8-16(17)21-11)23-18(24)20-10-13-3-5-14(19)6-4-13/h3-9H,10H2,1-2H3,(H2,20,23,24). The van der Waals surface area contributed by atoms with Gasteiger partial charge in [0.15, 0.2) is 0 Å². The van der Waals surface area contributed by atoms with Crippen LogP contribution in [0.4, 0.5) is 10.5 Å². The fourth-order valence-corrected chi connectivity index (χ4v) is 2.53. The van der Waals surface area contributed by atoms with E-state index in [9.17, 15) is 4.79 Å². The number of carbonyl (C=O) groups is 1. The third kappa shape index (κ3) is 3.89. The first-order valence-corrected chi connectivity index (χ1v) is 8.35. The number of halogens is 1. The number of hydrogen-bond acceptors (Lipinski definition) is 3. The molecule has 3 rings (SSSR count). The first-order chi connectivity index (χ1) is 11.5. The van der Waals surface area contributed by atoms with E-state index >= 15 is 0 Å². The molecule has 6 heteroatoms. The highest BCUT2D eigenvalue weighted by Crippen LogP contribution is 2.17. The molecule has 1 aromatic heterocycles. The Bertz CT molecular complexity index is 893.